The predicted molar refractivity (Wildman–Crippen MR) is 145 cm³/mol. The van der Waals surface area contributed by atoms with Crippen molar-refractivity contribution in [1.82, 2.24) is 9.88 Å². The summed E-state index contributed by atoms with van der Waals surface area (Å²) < 4.78 is 5.97. The molecule has 8 nitrogen and oxygen atoms in total. The lowest BCUT2D eigenvalue weighted by Crippen LogP contribution is -2.42. The highest BCUT2D eigenvalue weighted by molar-refractivity contribution is 8.00. The van der Waals surface area contributed by atoms with Crippen LogP contribution >= 0.6 is 34.7 Å². The van der Waals surface area contributed by atoms with Gasteiger partial charge in [-0.25, -0.2) is 0 Å². The van der Waals surface area contributed by atoms with Gasteiger partial charge in [0.2, 0.25) is 11.8 Å². The lowest BCUT2D eigenvalue weighted by Gasteiger charge is -2.43. The number of carbonyl (C=O) groups excluding carboxylic acids is 2. The second-order valence-corrected chi connectivity index (χ2v) is 13.2. The number of carboxylic acids is 1. The number of fused-ring (bicyclic) bond motifs is 9. The van der Waals surface area contributed by atoms with Crippen LogP contribution in [0, 0.1) is 29.6 Å². The number of thiazole rings is 1. The molecule has 1 saturated heterocycles. The van der Waals surface area contributed by atoms with Crippen molar-refractivity contribution in [1.29, 1.82) is 0 Å². The molecular weight excluding hydrogens is 560 g/mol. The number of aliphatic carboxylic acids is 1. The lowest BCUT2D eigenvalue weighted by atomic mass is 9.68. The number of hydrogen-bond donors (Lipinski definition) is 2. The minimum atomic E-state index is -1.19. The normalized spacial score (nSPS) is 30.3. The largest absolute Gasteiger partial charge is 0.489 e. The third-order valence-electron chi connectivity index (χ3n) is 8.67. The topological polar surface area (TPSA) is 117 Å². The number of imide groups is 1. The molecule has 3 aromatic rings. The van der Waals surface area contributed by atoms with Gasteiger partial charge >= 0.3 is 10.8 Å². The molecule has 2 saturated carbocycles. The summed E-state index contributed by atoms with van der Waals surface area (Å²) in [5.74, 6) is -2.30. The number of hydrogen-bond acceptors (Lipinski definition) is 7. The van der Waals surface area contributed by atoms with Crippen LogP contribution < -0.4 is 9.61 Å². The zero-order valence-corrected chi connectivity index (χ0v) is 22.8. The van der Waals surface area contributed by atoms with Gasteiger partial charge in [-0.3, -0.25) is 24.1 Å². The summed E-state index contributed by atoms with van der Waals surface area (Å²) in [6, 6.07) is 15.4. The zero-order chi connectivity index (χ0) is 27.0. The van der Waals surface area contributed by atoms with E-state index >= 15 is 0 Å². The molecule has 2 N–H and O–H groups in total. The summed E-state index contributed by atoms with van der Waals surface area (Å²) in [5.41, 5.74) is 2.03. The Morgan fingerprint density at radius 1 is 1.03 bits per heavy atom. The zero-order valence-electron chi connectivity index (χ0n) is 20.4. The standard InChI is InChI=1S/C28H23ClN2O6S2/c29-14-5-1-12(2-6-14)11-37-15-7-3-13(4-8-15)19-20-16-9-17(23(20)38-25-24(19)39-28(36)30-25)22-21(16)26(34)31(27(22)35)10-18(32)33/h1-8,16-17,19-23H,9-11H2,(H,30,36)(H,32,33)/t16?,17?,19-,20?,21?,22?,23?/m1/s1. The summed E-state index contributed by atoms with van der Waals surface area (Å²) >= 11 is 8.78. The Morgan fingerprint density at radius 2 is 1.72 bits per heavy atom. The molecule has 7 atom stereocenters. The second kappa shape index (κ2) is 9.25. The Morgan fingerprint density at radius 3 is 2.41 bits per heavy atom. The number of H-pyrrole nitrogens is 1. The third-order valence-corrected chi connectivity index (χ3v) is 11.5. The summed E-state index contributed by atoms with van der Waals surface area (Å²) in [5, 5.41) is 10.8. The highest BCUT2D eigenvalue weighted by Gasteiger charge is 2.69. The summed E-state index contributed by atoms with van der Waals surface area (Å²) in [6.07, 6.45) is 0.758. The molecule has 11 heteroatoms. The van der Waals surface area contributed by atoms with E-state index in [0.29, 0.717) is 17.4 Å². The molecule has 200 valence electrons. The van der Waals surface area contributed by atoms with Gasteiger partial charge in [0, 0.05) is 21.1 Å². The fraction of sp³-hybridized carbons (Fsp3) is 0.357. The Bertz CT molecular complexity index is 1550. The smallest absolute Gasteiger partial charge is 0.323 e. The molecular formula is C28H23ClN2O6S2. The van der Waals surface area contributed by atoms with Crippen LogP contribution in [-0.4, -0.2) is 44.6 Å². The van der Waals surface area contributed by atoms with Crippen LogP contribution in [0.2, 0.25) is 5.02 Å². The Kier molecular flexibility index (Phi) is 5.91. The number of rotatable bonds is 6. The molecule has 2 aromatic carbocycles. The van der Waals surface area contributed by atoms with Crippen LogP contribution in [0.5, 0.6) is 5.75 Å². The molecule has 6 unspecified atom stereocenters. The number of nitrogens with zero attached hydrogens (tertiary/aromatic N) is 1. The van der Waals surface area contributed by atoms with Crippen LogP contribution in [-0.2, 0) is 21.0 Å². The Hall–Kier alpha value is -3.08. The molecule has 2 amide bonds. The maximum atomic E-state index is 13.3. The van der Waals surface area contributed by atoms with Gasteiger partial charge in [-0.15, -0.1) is 11.8 Å². The number of carboxylic acid groups (broad SMARTS) is 1. The number of aromatic nitrogens is 1. The van der Waals surface area contributed by atoms with E-state index in [1.165, 1.54) is 11.3 Å². The van der Waals surface area contributed by atoms with Gasteiger partial charge in [-0.05, 0) is 59.6 Å². The molecule has 4 aliphatic rings. The summed E-state index contributed by atoms with van der Waals surface area (Å²) in [7, 11) is 0. The van der Waals surface area contributed by atoms with E-state index in [1.54, 1.807) is 11.8 Å². The van der Waals surface area contributed by atoms with Crippen LogP contribution in [0.1, 0.15) is 28.3 Å². The first-order valence-corrected chi connectivity index (χ1v) is 14.8. The van der Waals surface area contributed by atoms with E-state index in [9.17, 15) is 24.3 Å². The van der Waals surface area contributed by atoms with Crippen LogP contribution in [0.25, 0.3) is 0 Å². The molecule has 0 radical (unpaired) electrons. The van der Waals surface area contributed by atoms with E-state index in [-0.39, 0.29) is 45.6 Å². The Labute approximate surface area is 236 Å². The van der Waals surface area contributed by atoms with E-state index < -0.39 is 24.3 Å². The number of benzene rings is 2. The van der Waals surface area contributed by atoms with E-state index in [0.717, 1.165) is 32.4 Å². The van der Waals surface area contributed by atoms with Gasteiger partial charge in [0.25, 0.3) is 0 Å². The number of likely N-dealkylation sites (tertiary alicyclic amines) is 1. The first kappa shape index (κ1) is 24.9. The maximum absolute atomic E-state index is 13.3. The summed E-state index contributed by atoms with van der Waals surface area (Å²) in [6.45, 7) is -0.186. The fourth-order valence-electron chi connectivity index (χ4n) is 7.26. The molecule has 3 heterocycles. The van der Waals surface area contributed by atoms with Crippen molar-refractivity contribution in [2.45, 2.75) is 29.2 Å². The van der Waals surface area contributed by atoms with Crippen molar-refractivity contribution in [2.75, 3.05) is 6.54 Å². The highest BCUT2D eigenvalue weighted by Crippen LogP contribution is 2.68. The van der Waals surface area contributed by atoms with Crippen molar-refractivity contribution >= 4 is 52.5 Å². The van der Waals surface area contributed by atoms with Crippen molar-refractivity contribution in [2.24, 2.45) is 29.6 Å². The third kappa shape index (κ3) is 3.95. The number of ether oxygens (including phenoxy) is 1. The monoisotopic (exact) mass is 582 g/mol. The number of carbonyl (C=O) groups is 3. The lowest BCUT2D eigenvalue weighted by molar-refractivity contribution is -0.149. The molecule has 0 spiro atoms. The minimum Gasteiger partial charge on any atom is -0.489 e. The van der Waals surface area contributed by atoms with E-state index in [2.05, 4.69) is 4.98 Å². The highest BCUT2D eigenvalue weighted by atomic mass is 35.5. The average Bonchev–Trinajstić information content (AvgIpc) is 3.64. The first-order valence-electron chi connectivity index (χ1n) is 12.7. The Balaban J connectivity index is 1.20. The summed E-state index contributed by atoms with van der Waals surface area (Å²) in [4.78, 5) is 55.0. The number of aromatic amines is 1. The van der Waals surface area contributed by atoms with Gasteiger partial charge < -0.3 is 14.8 Å². The fourth-order valence-corrected chi connectivity index (χ4v) is 10.3. The molecule has 1 aromatic heterocycles. The van der Waals surface area contributed by atoms with Crippen molar-refractivity contribution < 1.29 is 24.2 Å². The molecule has 7 rings (SSSR count). The van der Waals surface area contributed by atoms with Gasteiger partial charge in [0.05, 0.1) is 16.9 Å². The van der Waals surface area contributed by atoms with Crippen LogP contribution in [0.3, 0.4) is 0 Å². The van der Waals surface area contributed by atoms with Crippen molar-refractivity contribution in [3.63, 3.8) is 0 Å². The number of amides is 2. The molecule has 3 fully saturated rings. The molecule has 2 bridgehead atoms. The van der Waals surface area contributed by atoms with Crippen molar-refractivity contribution in [3.8, 4) is 5.75 Å². The maximum Gasteiger partial charge on any atom is 0.323 e. The number of thioether (sulfide) groups is 1. The SMILES string of the molecule is O=C(O)CN1C(=O)C2C3CC(C2C1=O)C1C3Sc2[nH]c(=O)sc2[C@@H]1c1ccc(OCc2ccc(Cl)cc2)cc1. The van der Waals surface area contributed by atoms with E-state index in [1.807, 2.05) is 48.5 Å². The minimum absolute atomic E-state index is 0.0359. The van der Waals surface area contributed by atoms with Gasteiger partial charge in [0.1, 0.15) is 18.9 Å². The number of nitrogens with one attached hydrogen (secondary N) is 1. The first-order chi connectivity index (χ1) is 18.8. The van der Waals surface area contributed by atoms with Crippen molar-refractivity contribution in [3.05, 3.63) is 79.2 Å². The van der Waals surface area contributed by atoms with Crippen LogP contribution in [0.4, 0.5) is 0 Å². The van der Waals surface area contributed by atoms with Gasteiger partial charge in [0.15, 0.2) is 0 Å². The molecule has 2 aliphatic heterocycles. The average molecular weight is 583 g/mol. The van der Waals surface area contributed by atoms with Crippen LogP contribution in [0.15, 0.2) is 58.4 Å². The molecule has 39 heavy (non-hydrogen) atoms. The second-order valence-electron chi connectivity index (χ2n) is 10.6. The quantitative estimate of drug-likeness (QED) is 0.418. The number of halogens is 1. The van der Waals surface area contributed by atoms with Gasteiger partial charge in [-0.2, -0.15) is 0 Å². The molecule has 2 aliphatic carbocycles. The van der Waals surface area contributed by atoms with Gasteiger partial charge in [-0.1, -0.05) is 47.2 Å². The van der Waals surface area contributed by atoms with E-state index in [4.69, 9.17) is 16.3 Å². The predicted octanol–water partition coefficient (Wildman–Crippen LogP) is 4.23.